The smallest absolute Gasteiger partial charge is 0.162 e. The second-order valence-electron chi connectivity index (χ2n) is 4.20. The van der Waals surface area contributed by atoms with E-state index >= 15 is 0 Å². The van der Waals surface area contributed by atoms with Gasteiger partial charge in [0, 0.05) is 22.4 Å². The number of benzene rings is 1. The van der Waals surface area contributed by atoms with E-state index in [1.54, 1.807) is 37.7 Å². The summed E-state index contributed by atoms with van der Waals surface area (Å²) in [6.07, 6.45) is 0. The van der Waals surface area contributed by atoms with Gasteiger partial charge < -0.3 is 9.47 Å². The van der Waals surface area contributed by atoms with Gasteiger partial charge in [-0.15, -0.1) is 11.3 Å². The normalized spacial score (nSPS) is 10.9. The molecule has 2 heterocycles. The Bertz CT molecular complexity index is 822. The molecular weight excluding hydrogens is 376 g/mol. The van der Waals surface area contributed by atoms with E-state index in [9.17, 15) is 0 Å². The highest BCUT2D eigenvalue weighted by Gasteiger charge is 2.14. The molecule has 2 aromatic heterocycles. The first-order chi connectivity index (χ1) is 10.1. The van der Waals surface area contributed by atoms with Crippen molar-refractivity contribution in [2.45, 2.75) is 0 Å². The van der Waals surface area contributed by atoms with Gasteiger partial charge in [0.15, 0.2) is 5.82 Å². The van der Waals surface area contributed by atoms with Crippen LogP contribution >= 0.6 is 38.9 Å². The Morgan fingerprint density at radius 3 is 2.57 bits per heavy atom. The molecule has 0 fully saturated rings. The number of methoxy groups -OCH3 is 2. The highest BCUT2D eigenvalue weighted by molar-refractivity contribution is 9.11. The van der Waals surface area contributed by atoms with Crippen LogP contribution in [0.25, 0.3) is 22.3 Å². The summed E-state index contributed by atoms with van der Waals surface area (Å²) in [6, 6.07) is 5.53. The van der Waals surface area contributed by atoms with Crippen molar-refractivity contribution in [1.29, 1.82) is 0 Å². The Hall–Kier alpha value is -1.37. The summed E-state index contributed by atoms with van der Waals surface area (Å²) in [5.74, 6) is 1.82. The molecule has 0 N–H and O–H groups in total. The number of thiophene rings is 1. The van der Waals surface area contributed by atoms with Gasteiger partial charge in [-0.1, -0.05) is 11.6 Å². The molecule has 0 bridgehead atoms. The van der Waals surface area contributed by atoms with Crippen molar-refractivity contribution in [1.82, 2.24) is 9.97 Å². The van der Waals surface area contributed by atoms with Crippen LogP contribution in [-0.2, 0) is 0 Å². The van der Waals surface area contributed by atoms with Gasteiger partial charge >= 0.3 is 0 Å². The fraction of sp³-hybridized carbons (Fsp3) is 0.143. The molecule has 0 aliphatic carbocycles. The molecule has 3 rings (SSSR count). The molecule has 0 spiro atoms. The van der Waals surface area contributed by atoms with Crippen molar-refractivity contribution < 1.29 is 9.47 Å². The van der Waals surface area contributed by atoms with Crippen molar-refractivity contribution in [2.24, 2.45) is 0 Å². The van der Waals surface area contributed by atoms with E-state index in [4.69, 9.17) is 21.1 Å². The summed E-state index contributed by atoms with van der Waals surface area (Å²) in [5.41, 5.74) is 1.57. The number of fused-ring (bicyclic) bond motifs is 1. The zero-order valence-electron chi connectivity index (χ0n) is 11.2. The van der Waals surface area contributed by atoms with Crippen molar-refractivity contribution in [3.63, 3.8) is 0 Å². The molecular formula is C14H10BrClN2O2S. The van der Waals surface area contributed by atoms with Crippen LogP contribution in [0.1, 0.15) is 0 Å². The average Bonchev–Trinajstić information content (AvgIpc) is 2.92. The van der Waals surface area contributed by atoms with E-state index in [0.717, 1.165) is 9.35 Å². The third-order valence-corrected chi connectivity index (χ3v) is 4.77. The lowest BCUT2D eigenvalue weighted by molar-refractivity contribution is 0.397. The first-order valence-corrected chi connectivity index (χ1v) is 8.01. The minimum atomic E-state index is 0.370. The number of hydrogen-bond donors (Lipinski definition) is 0. The van der Waals surface area contributed by atoms with Gasteiger partial charge in [-0.3, -0.25) is 0 Å². The van der Waals surface area contributed by atoms with Crippen LogP contribution in [0.4, 0.5) is 0 Å². The highest BCUT2D eigenvalue weighted by atomic mass is 79.9. The van der Waals surface area contributed by atoms with Gasteiger partial charge in [0.25, 0.3) is 0 Å². The van der Waals surface area contributed by atoms with E-state index < -0.39 is 0 Å². The molecule has 108 valence electrons. The molecule has 7 heteroatoms. The molecule has 4 nitrogen and oxygen atoms in total. The third kappa shape index (κ3) is 2.71. The molecule has 0 saturated heterocycles. The standard InChI is InChI=1S/C14H10BrClN2O2S/c1-19-8-4-9-12(10(5-8)20-2)17-14(18-13(9)16)7-3-11(15)21-6-7/h3-6H,1-2H3. The number of ether oxygens (including phenoxy) is 2. The number of halogens is 2. The first-order valence-electron chi connectivity index (χ1n) is 5.96. The lowest BCUT2D eigenvalue weighted by atomic mass is 10.2. The fourth-order valence-electron chi connectivity index (χ4n) is 1.97. The molecule has 0 atom stereocenters. The number of aromatic nitrogens is 2. The minimum Gasteiger partial charge on any atom is -0.497 e. The molecule has 1 aromatic carbocycles. The predicted octanol–water partition coefficient (Wildman–Crippen LogP) is 4.79. The van der Waals surface area contributed by atoms with Crippen LogP contribution in [0.3, 0.4) is 0 Å². The summed E-state index contributed by atoms with van der Waals surface area (Å²) in [5, 5.41) is 3.04. The van der Waals surface area contributed by atoms with Gasteiger partial charge in [-0.25, -0.2) is 9.97 Å². The third-order valence-electron chi connectivity index (χ3n) is 2.97. The quantitative estimate of drug-likeness (QED) is 0.608. The van der Waals surface area contributed by atoms with Crippen LogP contribution in [0.15, 0.2) is 27.4 Å². The molecule has 0 aliphatic rings. The van der Waals surface area contributed by atoms with Gasteiger partial charge in [-0.2, -0.15) is 0 Å². The van der Waals surface area contributed by atoms with Gasteiger partial charge in [0.1, 0.15) is 22.2 Å². The number of hydrogen-bond acceptors (Lipinski definition) is 5. The van der Waals surface area contributed by atoms with Crippen LogP contribution in [0, 0.1) is 0 Å². The Morgan fingerprint density at radius 1 is 1.14 bits per heavy atom. The molecule has 3 aromatic rings. The van der Waals surface area contributed by atoms with Crippen molar-refractivity contribution >= 4 is 49.8 Å². The van der Waals surface area contributed by atoms with Crippen molar-refractivity contribution in [3.8, 4) is 22.9 Å². The monoisotopic (exact) mass is 384 g/mol. The fourth-order valence-corrected chi connectivity index (χ4v) is 3.33. The van der Waals surface area contributed by atoms with Crippen LogP contribution < -0.4 is 9.47 Å². The summed E-state index contributed by atoms with van der Waals surface area (Å²) < 4.78 is 11.6. The van der Waals surface area contributed by atoms with Gasteiger partial charge in [-0.05, 0) is 28.1 Å². The van der Waals surface area contributed by atoms with E-state index in [0.29, 0.717) is 33.4 Å². The maximum atomic E-state index is 6.31. The van der Waals surface area contributed by atoms with Crippen LogP contribution in [0.5, 0.6) is 11.5 Å². The summed E-state index contributed by atoms with van der Waals surface area (Å²) in [7, 11) is 3.18. The van der Waals surface area contributed by atoms with Crippen molar-refractivity contribution in [3.05, 3.63) is 32.5 Å². The second-order valence-corrected chi connectivity index (χ2v) is 6.85. The maximum Gasteiger partial charge on any atom is 0.162 e. The van der Waals surface area contributed by atoms with E-state index in [1.807, 2.05) is 11.4 Å². The first kappa shape index (κ1) is 14.6. The SMILES string of the molecule is COc1cc(OC)c2nc(-c3csc(Br)c3)nc(Cl)c2c1. The number of rotatable bonds is 3. The maximum absolute atomic E-state index is 6.31. The summed E-state index contributed by atoms with van der Waals surface area (Å²) >= 11 is 11.3. The number of nitrogens with zero attached hydrogens (tertiary/aromatic N) is 2. The zero-order chi connectivity index (χ0) is 15.0. The lowest BCUT2D eigenvalue weighted by Gasteiger charge is -2.10. The lowest BCUT2D eigenvalue weighted by Crippen LogP contribution is -1.95. The van der Waals surface area contributed by atoms with Crippen LogP contribution in [0.2, 0.25) is 5.15 Å². The Balaban J connectivity index is 2.27. The molecule has 0 unspecified atom stereocenters. The Labute approximate surface area is 138 Å². The highest BCUT2D eigenvalue weighted by Crippen LogP contribution is 2.35. The predicted molar refractivity (Wildman–Crippen MR) is 88.7 cm³/mol. The van der Waals surface area contributed by atoms with E-state index in [-0.39, 0.29) is 0 Å². The zero-order valence-corrected chi connectivity index (χ0v) is 14.3. The average molecular weight is 386 g/mol. The largest absolute Gasteiger partial charge is 0.497 e. The van der Waals surface area contributed by atoms with E-state index in [1.165, 1.54) is 0 Å². The van der Waals surface area contributed by atoms with Gasteiger partial charge in [0.2, 0.25) is 0 Å². The summed E-state index contributed by atoms with van der Waals surface area (Å²) in [4.78, 5) is 8.94. The molecule has 0 aliphatic heterocycles. The summed E-state index contributed by atoms with van der Waals surface area (Å²) in [6.45, 7) is 0. The van der Waals surface area contributed by atoms with E-state index in [2.05, 4.69) is 25.9 Å². The second kappa shape index (κ2) is 5.79. The molecule has 0 amide bonds. The molecule has 0 saturated carbocycles. The minimum absolute atomic E-state index is 0.370. The topological polar surface area (TPSA) is 44.2 Å². The Kier molecular flexibility index (Phi) is 4.01. The Morgan fingerprint density at radius 2 is 1.95 bits per heavy atom. The van der Waals surface area contributed by atoms with Crippen LogP contribution in [-0.4, -0.2) is 24.2 Å². The van der Waals surface area contributed by atoms with Crippen molar-refractivity contribution in [2.75, 3.05) is 14.2 Å². The molecule has 21 heavy (non-hydrogen) atoms. The molecule has 0 radical (unpaired) electrons. The van der Waals surface area contributed by atoms with Gasteiger partial charge in [0.05, 0.1) is 18.0 Å².